The van der Waals surface area contributed by atoms with Crippen LogP contribution >= 0.6 is 0 Å². The van der Waals surface area contributed by atoms with Crippen molar-refractivity contribution in [2.24, 2.45) is 0 Å². The Labute approximate surface area is 52.8 Å². The molecule has 0 N–H and O–H groups in total. The van der Waals surface area contributed by atoms with Crippen LogP contribution in [0.5, 0.6) is 0 Å². The molecule has 0 aliphatic heterocycles. The third-order valence-electron chi connectivity index (χ3n) is 0.0962. The number of rotatable bonds is 1. The number of ether oxygens (including phenoxy) is 1. The molecule has 0 rings (SSSR count). The van der Waals surface area contributed by atoms with Crippen molar-refractivity contribution < 1.29 is 9.53 Å². The number of carbonyl (C=O) groups excluding carboxylic acids is 1. The van der Waals surface area contributed by atoms with E-state index in [0.717, 1.165) is 0 Å². The molecule has 0 atom stereocenters. The molecule has 0 aliphatic carbocycles. The van der Waals surface area contributed by atoms with Crippen molar-refractivity contribution in [3.05, 3.63) is 0 Å². The first-order chi connectivity index (χ1) is 1.91. The summed E-state index contributed by atoms with van der Waals surface area (Å²) in [5.41, 5.74) is 0. The van der Waals surface area contributed by atoms with E-state index in [1.54, 1.807) is 0 Å². The van der Waals surface area contributed by atoms with E-state index in [1.807, 2.05) is 0 Å². The predicted octanol–water partition coefficient (Wildman–Crippen LogP) is -0.592. The van der Waals surface area contributed by atoms with Gasteiger partial charge in [0.1, 0.15) is 0 Å². The first-order valence-corrected chi connectivity index (χ1v) is 0.880. The summed E-state index contributed by atoms with van der Waals surface area (Å²) in [5, 5.41) is 0. The fourth-order valence-electron chi connectivity index (χ4n) is 0. The molecule has 0 bridgehead atoms. The minimum atomic E-state index is 0. The molecule has 1 radical (unpaired) electrons. The molecule has 0 spiro atoms. The molecule has 3 heteroatoms. The molecule has 2 nitrogen and oxygen atoms in total. The Bertz CT molecular complexity index is 21.6. The van der Waals surface area contributed by atoms with Gasteiger partial charge in [0, 0.05) is 29.6 Å². The Balaban J connectivity index is 0. The molecule has 0 unspecified atom stereocenters. The first kappa shape index (κ1) is 9.08. The van der Waals surface area contributed by atoms with Crippen LogP contribution < -0.4 is 0 Å². The molecular weight excluding hydrogens is 79.0 g/mol. The maximum Gasteiger partial charge on any atom is 0.292 e. The molecule has 0 aromatic heterocycles. The van der Waals surface area contributed by atoms with Crippen LogP contribution in [-0.4, -0.2) is 43.1 Å². The van der Waals surface area contributed by atoms with E-state index in [-0.39, 0.29) is 29.6 Å². The molecule has 0 amide bonds. The normalized spacial score (nSPS) is 4.20. The monoisotopic (exact) mass is 83.0 g/mol. The van der Waals surface area contributed by atoms with Gasteiger partial charge in [0.05, 0.1) is 7.11 Å². The molecule has 0 heterocycles. The van der Waals surface area contributed by atoms with Gasteiger partial charge in [-0.2, -0.15) is 0 Å². The molecule has 0 aromatic carbocycles. The number of carbonyl (C=O) groups is 1. The van der Waals surface area contributed by atoms with Crippen molar-refractivity contribution in [2.45, 2.75) is 0 Å². The molecular formula is C2H4NaO2. The van der Waals surface area contributed by atoms with Gasteiger partial charge in [-0.25, -0.2) is 0 Å². The molecule has 0 fully saturated rings. The Kier molecular flexibility index (Phi) is 16.0. The van der Waals surface area contributed by atoms with Crippen molar-refractivity contribution in [2.75, 3.05) is 7.11 Å². The summed E-state index contributed by atoms with van der Waals surface area (Å²) >= 11 is 0. The zero-order valence-electron chi connectivity index (χ0n) is 3.39. The first-order valence-electron chi connectivity index (χ1n) is 0.880. The summed E-state index contributed by atoms with van der Waals surface area (Å²) in [6, 6.07) is 0. The fourth-order valence-corrected chi connectivity index (χ4v) is 0. The Hall–Kier alpha value is 0.470. The Morgan fingerprint density at radius 1 is 1.80 bits per heavy atom. The molecule has 0 aromatic rings. The maximum atomic E-state index is 8.95. The van der Waals surface area contributed by atoms with E-state index >= 15 is 0 Å². The fraction of sp³-hybridized carbons (Fsp3) is 0.500. The summed E-state index contributed by atoms with van der Waals surface area (Å²) in [6.07, 6.45) is 0. The van der Waals surface area contributed by atoms with Gasteiger partial charge in [0.25, 0.3) is 6.47 Å². The second-order valence-electron chi connectivity index (χ2n) is 0.332. The maximum absolute atomic E-state index is 8.95. The van der Waals surface area contributed by atoms with Crippen LogP contribution in [0.4, 0.5) is 0 Å². The van der Waals surface area contributed by atoms with Crippen LogP contribution in [0, 0.1) is 0 Å². The average molecular weight is 83.0 g/mol. The Morgan fingerprint density at radius 3 is 2.00 bits per heavy atom. The zero-order valence-corrected chi connectivity index (χ0v) is 5.39. The van der Waals surface area contributed by atoms with Crippen LogP contribution in [0.2, 0.25) is 0 Å². The molecule has 0 saturated carbocycles. The van der Waals surface area contributed by atoms with Gasteiger partial charge >= 0.3 is 0 Å². The third kappa shape index (κ3) is 12.6. The third-order valence-corrected chi connectivity index (χ3v) is 0.0962. The zero-order chi connectivity index (χ0) is 3.41. The minimum absolute atomic E-state index is 0. The summed E-state index contributed by atoms with van der Waals surface area (Å²) in [7, 11) is 1.31. The summed E-state index contributed by atoms with van der Waals surface area (Å²) in [4.78, 5) is 8.95. The average Bonchev–Trinajstić information content (AvgIpc) is 1.37. The number of methoxy groups -OCH3 is 1. The van der Waals surface area contributed by atoms with Crippen LogP contribution in [0.25, 0.3) is 0 Å². The van der Waals surface area contributed by atoms with Crippen LogP contribution in [0.3, 0.4) is 0 Å². The minimum Gasteiger partial charge on any atom is -0.471 e. The van der Waals surface area contributed by atoms with E-state index in [1.165, 1.54) is 7.11 Å². The van der Waals surface area contributed by atoms with Crippen LogP contribution in [0.1, 0.15) is 0 Å². The molecule has 0 saturated heterocycles. The SMILES string of the molecule is COC=O.[Na]. The smallest absolute Gasteiger partial charge is 0.292 e. The summed E-state index contributed by atoms with van der Waals surface area (Å²) in [5.74, 6) is 0. The van der Waals surface area contributed by atoms with Crippen molar-refractivity contribution in [3.63, 3.8) is 0 Å². The molecule has 5 heavy (non-hydrogen) atoms. The summed E-state index contributed by atoms with van der Waals surface area (Å²) < 4.78 is 3.86. The van der Waals surface area contributed by atoms with Gasteiger partial charge in [0.2, 0.25) is 0 Å². The predicted molar refractivity (Wildman–Crippen MR) is 18.8 cm³/mol. The van der Waals surface area contributed by atoms with Crippen LogP contribution in [-0.2, 0) is 9.53 Å². The van der Waals surface area contributed by atoms with Gasteiger partial charge in [-0.3, -0.25) is 4.79 Å². The molecule has 0 aliphatic rings. The largest absolute Gasteiger partial charge is 0.471 e. The second-order valence-corrected chi connectivity index (χ2v) is 0.332. The van der Waals surface area contributed by atoms with Gasteiger partial charge in [-0.05, 0) is 0 Å². The van der Waals surface area contributed by atoms with Crippen molar-refractivity contribution in [1.29, 1.82) is 0 Å². The van der Waals surface area contributed by atoms with Crippen LogP contribution in [0.15, 0.2) is 0 Å². The number of hydrogen-bond donors (Lipinski definition) is 0. The topological polar surface area (TPSA) is 26.3 Å². The van der Waals surface area contributed by atoms with Gasteiger partial charge < -0.3 is 4.74 Å². The quantitative estimate of drug-likeness (QED) is 0.313. The van der Waals surface area contributed by atoms with E-state index in [9.17, 15) is 0 Å². The van der Waals surface area contributed by atoms with Gasteiger partial charge in [-0.1, -0.05) is 0 Å². The van der Waals surface area contributed by atoms with E-state index in [0.29, 0.717) is 6.47 Å². The van der Waals surface area contributed by atoms with Gasteiger partial charge in [-0.15, -0.1) is 0 Å². The van der Waals surface area contributed by atoms with E-state index < -0.39 is 0 Å². The van der Waals surface area contributed by atoms with E-state index in [4.69, 9.17) is 4.79 Å². The van der Waals surface area contributed by atoms with Gasteiger partial charge in [0.15, 0.2) is 0 Å². The van der Waals surface area contributed by atoms with Crippen molar-refractivity contribution >= 4 is 36.0 Å². The summed E-state index contributed by atoms with van der Waals surface area (Å²) in [6.45, 7) is 0.375. The van der Waals surface area contributed by atoms with E-state index in [2.05, 4.69) is 4.74 Å². The Morgan fingerprint density at radius 2 is 2.00 bits per heavy atom. The van der Waals surface area contributed by atoms with Crippen molar-refractivity contribution in [3.8, 4) is 0 Å². The number of hydrogen-bond acceptors (Lipinski definition) is 2. The standard InChI is InChI=1S/C2H4O2.Na/c1-4-2-3;/h2H,1H3;. The second kappa shape index (κ2) is 8.82. The molecule has 25 valence electrons. The van der Waals surface area contributed by atoms with Crippen molar-refractivity contribution in [1.82, 2.24) is 0 Å².